The van der Waals surface area contributed by atoms with Crippen molar-refractivity contribution in [3.05, 3.63) is 29.3 Å². The zero-order valence-electron chi connectivity index (χ0n) is 17.1. The molecule has 6 nitrogen and oxygen atoms in total. The van der Waals surface area contributed by atoms with Crippen LogP contribution in [0.4, 0.5) is 5.69 Å². The first-order valence-corrected chi connectivity index (χ1v) is 10.2. The van der Waals surface area contributed by atoms with E-state index >= 15 is 0 Å². The van der Waals surface area contributed by atoms with Gasteiger partial charge in [0.2, 0.25) is 5.91 Å². The van der Waals surface area contributed by atoms with E-state index in [4.69, 9.17) is 15.4 Å². The summed E-state index contributed by atoms with van der Waals surface area (Å²) < 4.78 is 7.49. The molecule has 0 unspecified atom stereocenters. The van der Waals surface area contributed by atoms with Gasteiger partial charge < -0.3 is 20.3 Å². The standard InChI is InChI=1S/C11H14N2O.C8H16O2.CH4OS/c1-13-10-6-8(7-12)2-3-9(10)4-5-11(13)14;1-8(2,3)6-4-5-7(9)10;1-3-2/h2-3,6H,4-5,7,12H2,1H3;4-6H2,1-3H3,(H,9,10);2H,1H3. The van der Waals surface area contributed by atoms with Gasteiger partial charge in [0.25, 0.3) is 0 Å². The van der Waals surface area contributed by atoms with E-state index in [2.05, 4.69) is 26.8 Å². The number of fused-ring (bicyclic) bond motifs is 1. The first kappa shape index (κ1) is 25.4. The SMILES string of the molecule is CC(C)(C)CCCC(=O)O.CN1C(=O)CCc2ccc(CN)cc21.CSO. The third-order valence-electron chi connectivity index (χ3n) is 4.05. The highest BCUT2D eigenvalue weighted by molar-refractivity contribution is 7.93. The minimum atomic E-state index is -0.691. The Balaban J connectivity index is 0.000000459. The molecule has 1 aromatic rings. The number of amides is 1. The van der Waals surface area contributed by atoms with Crippen LogP contribution in [-0.4, -0.2) is 34.8 Å². The molecule has 0 radical (unpaired) electrons. The van der Waals surface area contributed by atoms with E-state index in [-0.39, 0.29) is 11.3 Å². The van der Waals surface area contributed by atoms with Crippen molar-refractivity contribution in [1.29, 1.82) is 0 Å². The Morgan fingerprint density at radius 3 is 2.37 bits per heavy atom. The van der Waals surface area contributed by atoms with Crippen LogP contribution in [0.2, 0.25) is 0 Å². The number of aryl methyl sites for hydroxylation is 1. The van der Waals surface area contributed by atoms with E-state index < -0.39 is 5.97 Å². The van der Waals surface area contributed by atoms with Crippen LogP contribution in [-0.2, 0) is 22.6 Å². The van der Waals surface area contributed by atoms with Crippen molar-refractivity contribution in [2.45, 2.75) is 59.4 Å². The molecule has 2 rings (SSSR count). The summed E-state index contributed by atoms with van der Waals surface area (Å²) in [7, 11) is 1.82. The van der Waals surface area contributed by atoms with E-state index in [0.717, 1.165) is 42.6 Å². The molecule has 0 fully saturated rings. The van der Waals surface area contributed by atoms with Crippen molar-refractivity contribution >= 4 is 29.6 Å². The number of rotatable bonds is 4. The maximum Gasteiger partial charge on any atom is 0.303 e. The fourth-order valence-corrected chi connectivity index (χ4v) is 2.57. The molecule has 1 heterocycles. The lowest BCUT2D eigenvalue weighted by atomic mass is 9.90. The van der Waals surface area contributed by atoms with Crippen LogP contribution in [0.25, 0.3) is 0 Å². The normalized spacial score (nSPS) is 13.0. The van der Waals surface area contributed by atoms with Crippen molar-refractivity contribution < 1.29 is 19.2 Å². The number of nitrogens with zero attached hydrogens (tertiary/aromatic N) is 1. The molecule has 4 N–H and O–H groups in total. The third-order valence-corrected chi connectivity index (χ3v) is 4.05. The molecule has 1 amide bonds. The van der Waals surface area contributed by atoms with Crippen LogP contribution >= 0.6 is 12.0 Å². The third kappa shape index (κ3) is 11.0. The summed E-state index contributed by atoms with van der Waals surface area (Å²) in [4.78, 5) is 23.3. The Labute approximate surface area is 167 Å². The lowest BCUT2D eigenvalue weighted by Gasteiger charge is -2.26. The van der Waals surface area contributed by atoms with Crippen molar-refractivity contribution in [3.63, 3.8) is 0 Å². The van der Waals surface area contributed by atoms with E-state index in [1.165, 1.54) is 5.56 Å². The Morgan fingerprint density at radius 1 is 1.30 bits per heavy atom. The number of carbonyl (C=O) groups excluding carboxylic acids is 1. The lowest BCUT2D eigenvalue weighted by molar-refractivity contribution is -0.137. The van der Waals surface area contributed by atoms with Crippen molar-refractivity contribution in [3.8, 4) is 0 Å². The first-order valence-electron chi connectivity index (χ1n) is 9.03. The number of carbonyl (C=O) groups is 2. The van der Waals surface area contributed by atoms with Crippen molar-refractivity contribution in [1.82, 2.24) is 0 Å². The zero-order valence-corrected chi connectivity index (χ0v) is 17.9. The van der Waals surface area contributed by atoms with Gasteiger partial charge in [-0.05, 0) is 53.9 Å². The first-order chi connectivity index (χ1) is 12.6. The quantitative estimate of drug-likeness (QED) is 0.658. The van der Waals surface area contributed by atoms with Gasteiger partial charge in [0.05, 0.1) is 0 Å². The average molecular weight is 399 g/mol. The van der Waals surface area contributed by atoms with Crippen LogP contribution in [0, 0.1) is 5.41 Å². The van der Waals surface area contributed by atoms with Gasteiger partial charge >= 0.3 is 5.97 Å². The Hall–Kier alpha value is -1.57. The van der Waals surface area contributed by atoms with Crippen molar-refractivity contribution in [2.75, 3.05) is 18.2 Å². The number of hydrogen-bond acceptors (Lipinski definition) is 5. The maximum absolute atomic E-state index is 11.5. The second-order valence-electron chi connectivity index (χ2n) is 7.61. The molecule has 0 spiro atoms. The molecule has 27 heavy (non-hydrogen) atoms. The number of aliphatic carboxylic acids is 1. The zero-order chi connectivity index (χ0) is 21.0. The van der Waals surface area contributed by atoms with E-state index in [0.29, 0.717) is 19.4 Å². The highest BCUT2D eigenvalue weighted by Gasteiger charge is 2.20. The number of benzene rings is 1. The predicted octanol–water partition coefficient (Wildman–Crippen LogP) is 4.16. The van der Waals surface area contributed by atoms with Crippen LogP contribution in [0.15, 0.2) is 18.2 Å². The number of nitrogens with two attached hydrogens (primary N) is 1. The van der Waals surface area contributed by atoms with Gasteiger partial charge in [0.1, 0.15) is 0 Å². The van der Waals surface area contributed by atoms with Gasteiger partial charge in [-0.3, -0.25) is 9.59 Å². The molecule has 1 aliphatic rings. The second-order valence-corrected chi connectivity index (χ2v) is 7.98. The summed E-state index contributed by atoms with van der Waals surface area (Å²) in [5, 5.41) is 8.31. The fraction of sp³-hybridized carbons (Fsp3) is 0.600. The van der Waals surface area contributed by atoms with E-state index in [1.54, 1.807) is 11.2 Å². The molecule has 1 aromatic carbocycles. The topological polar surface area (TPSA) is 104 Å². The highest BCUT2D eigenvalue weighted by atomic mass is 32.2. The van der Waals surface area contributed by atoms with Crippen LogP contribution in [0.5, 0.6) is 0 Å². The lowest BCUT2D eigenvalue weighted by Crippen LogP contribution is -2.31. The number of anilines is 1. The molecular weight excluding hydrogens is 364 g/mol. The molecule has 0 saturated heterocycles. The summed E-state index contributed by atoms with van der Waals surface area (Å²) in [6.45, 7) is 6.88. The van der Waals surface area contributed by atoms with Gasteiger partial charge in [0.15, 0.2) is 0 Å². The maximum atomic E-state index is 11.5. The molecule has 0 atom stereocenters. The van der Waals surface area contributed by atoms with Gasteiger partial charge in [-0.15, -0.1) is 0 Å². The Bertz CT molecular complexity index is 600. The summed E-state index contributed by atoms with van der Waals surface area (Å²) in [6.07, 6.45) is 5.14. The highest BCUT2D eigenvalue weighted by Crippen LogP contribution is 2.27. The average Bonchev–Trinajstić information content (AvgIpc) is 2.58. The molecule has 0 aliphatic carbocycles. The number of carboxylic acid groups (broad SMARTS) is 1. The summed E-state index contributed by atoms with van der Waals surface area (Å²) >= 11 is 0.750. The predicted molar refractivity (Wildman–Crippen MR) is 113 cm³/mol. The Morgan fingerprint density at radius 2 is 1.89 bits per heavy atom. The molecule has 0 bridgehead atoms. The molecular formula is C20H34N2O4S. The number of hydrogen-bond donors (Lipinski definition) is 3. The monoisotopic (exact) mass is 398 g/mol. The van der Waals surface area contributed by atoms with Gasteiger partial charge in [-0.25, -0.2) is 0 Å². The second kappa shape index (κ2) is 12.8. The molecule has 0 aromatic heterocycles. The molecule has 7 heteroatoms. The minimum Gasteiger partial charge on any atom is -0.481 e. The van der Waals surface area contributed by atoms with Crippen LogP contribution < -0.4 is 10.6 Å². The molecule has 154 valence electrons. The van der Waals surface area contributed by atoms with Crippen molar-refractivity contribution in [2.24, 2.45) is 11.1 Å². The van der Waals surface area contributed by atoms with Gasteiger partial charge in [-0.2, -0.15) is 0 Å². The van der Waals surface area contributed by atoms with Crippen LogP contribution in [0.1, 0.15) is 57.6 Å². The summed E-state index contributed by atoms with van der Waals surface area (Å²) in [6, 6.07) is 6.11. The van der Waals surface area contributed by atoms with E-state index in [1.807, 2.05) is 19.2 Å². The molecule has 0 saturated carbocycles. The molecule has 1 aliphatic heterocycles. The minimum absolute atomic E-state index is 0.187. The van der Waals surface area contributed by atoms with Crippen LogP contribution in [0.3, 0.4) is 0 Å². The largest absolute Gasteiger partial charge is 0.481 e. The Kier molecular flexibility index (Phi) is 12.0. The summed E-state index contributed by atoms with van der Waals surface area (Å²) in [5.41, 5.74) is 9.17. The number of carboxylic acids is 1. The van der Waals surface area contributed by atoms with Gasteiger partial charge in [-0.1, -0.05) is 32.9 Å². The fourth-order valence-electron chi connectivity index (χ4n) is 2.57. The van der Waals surface area contributed by atoms with E-state index in [9.17, 15) is 9.59 Å². The smallest absolute Gasteiger partial charge is 0.303 e. The summed E-state index contributed by atoms with van der Waals surface area (Å²) in [5.74, 6) is -0.504. The van der Waals surface area contributed by atoms with Gasteiger partial charge in [0, 0.05) is 38.4 Å².